The van der Waals surface area contributed by atoms with E-state index < -0.39 is 12.0 Å². The quantitative estimate of drug-likeness (QED) is 0.578. The minimum absolute atomic E-state index is 0.137. The van der Waals surface area contributed by atoms with E-state index in [1.165, 1.54) is 0 Å². The fourth-order valence-electron chi connectivity index (χ4n) is 1.34. The zero-order valence-electron chi connectivity index (χ0n) is 6.36. The third-order valence-electron chi connectivity index (χ3n) is 2.10. The first-order valence-electron chi connectivity index (χ1n) is 3.85. The molecule has 62 valence electrons. The maximum Gasteiger partial charge on any atom is 0.320 e. The van der Waals surface area contributed by atoms with Gasteiger partial charge in [0.2, 0.25) is 0 Å². The molecule has 0 heterocycles. The fraction of sp³-hybridized carbons (Fsp3) is 0.625. The molecule has 0 radical (unpaired) electrons. The Morgan fingerprint density at radius 3 is 2.82 bits per heavy atom. The van der Waals surface area contributed by atoms with Crippen molar-refractivity contribution in [3.63, 3.8) is 0 Å². The van der Waals surface area contributed by atoms with E-state index in [0.717, 1.165) is 19.3 Å². The number of rotatable bonds is 2. The lowest BCUT2D eigenvalue weighted by Crippen LogP contribution is -2.38. The molecule has 3 N–H and O–H groups in total. The number of carbonyl (C=O) groups is 1. The summed E-state index contributed by atoms with van der Waals surface area (Å²) in [6.45, 7) is 0. The first-order chi connectivity index (χ1) is 5.22. The highest BCUT2D eigenvalue weighted by atomic mass is 16.4. The average Bonchev–Trinajstić information content (AvgIpc) is 2.05. The second-order valence-electron chi connectivity index (χ2n) is 2.91. The zero-order valence-corrected chi connectivity index (χ0v) is 6.36. The molecule has 1 aliphatic carbocycles. The Morgan fingerprint density at radius 1 is 1.64 bits per heavy atom. The predicted octanol–water partition coefficient (Wildman–Crippen LogP) is 0.755. The molecule has 1 aliphatic rings. The lowest BCUT2D eigenvalue weighted by atomic mass is 9.88. The Bertz CT molecular complexity index is 177. The number of aliphatic carboxylic acids is 1. The van der Waals surface area contributed by atoms with Crippen LogP contribution in [0.4, 0.5) is 0 Å². The van der Waals surface area contributed by atoms with Crippen molar-refractivity contribution in [1.29, 1.82) is 0 Å². The standard InChI is InChI=1S/C8H13NO2/c9-7(8(10)11)6-4-2-1-3-5-6/h1-2,6-7H,3-5,9H2,(H,10,11)/t6-,7+/m0/s1. The van der Waals surface area contributed by atoms with Crippen LogP contribution >= 0.6 is 0 Å². The topological polar surface area (TPSA) is 63.3 Å². The van der Waals surface area contributed by atoms with Gasteiger partial charge in [0.1, 0.15) is 6.04 Å². The Balaban J connectivity index is 2.46. The Morgan fingerprint density at radius 2 is 2.36 bits per heavy atom. The minimum Gasteiger partial charge on any atom is -0.480 e. The van der Waals surface area contributed by atoms with Crippen LogP contribution in [0.15, 0.2) is 12.2 Å². The van der Waals surface area contributed by atoms with E-state index in [-0.39, 0.29) is 5.92 Å². The van der Waals surface area contributed by atoms with Crippen molar-refractivity contribution in [1.82, 2.24) is 0 Å². The highest BCUT2D eigenvalue weighted by Gasteiger charge is 2.23. The summed E-state index contributed by atoms with van der Waals surface area (Å²) in [5, 5.41) is 8.59. The smallest absolute Gasteiger partial charge is 0.320 e. The van der Waals surface area contributed by atoms with Crippen molar-refractivity contribution in [2.24, 2.45) is 11.7 Å². The zero-order chi connectivity index (χ0) is 8.27. The first-order valence-corrected chi connectivity index (χ1v) is 3.85. The molecular formula is C8H13NO2. The van der Waals surface area contributed by atoms with Crippen molar-refractivity contribution in [3.05, 3.63) is 12.2 Å². The van der Waals surface area contributed by atoms with Gasteiger partial charge in [-0.25, -0.2) is 0 Å². The summed E-state index contributed by atoms with van der Waals surface area (Å²) in [5.41, 5.74) is 5.46. The van der Waals surface area contributed by atoms with Gasteiger partial charge in [0.15, 0.2) is 0 Å². The largest absolute Gasteiger partial charge is 0.480 e. The van der Waals surface area contributed by atoms with Crippen LogP contribution in [0.3, 0.4) is 0 Å². The van der Waals surface area contributed by atoms with E-state index in [1.54, 1.807) is 0 Å². The second kappa shape index (κ2) is 3.53. The molecule has 0 aromatic carbocycles. The van der Waals surface area contributed by atoms with Gasteiger partial charge in [-0.15, -0.1) is 0 Å². The Labute approximate surface area is 65.9 Å². The molecule has 0 aliphatic heterocycles. The van der Waals surface area contributed by atoms with Crippen molar-refractivity contribution in [3.8, 4) is 0 Å². The summed E-state index contributed by atoms with van der Waals surface area (Å²) in [4.78, 5) is 10.4. The molecule has 11 heavy (non-hydrogen) atoms. The summed E-state index contributed by atoms with van der Waals surface area (Å²) in [6.07, 6.45) is 6.77. The summed E-state index contributed by atoms with van der Waals surface area (Å²) in [6, 6.07) is -0.681. The third-order valence-corrected chi connectivity index (χ3v) is 2.10. The van der Waals surface area contributed by atoms with Crippen molar-refractivity contribution in [2.45, 2.75) is 25.3 Å². The van der Waals surface area contributed by atoms with Gasteiger partial charge in [-0.3, -0.25) is 4.79 Å². The molecule has 0 amide bonds. The summed E-state index contributed by atoms with van der Waals surface area (Å²) in [5.74, 6) is -0.747. The number of nitrogens with two attached hydrogens (primary N) is 1. The molecule has 0 spiro atoms. The van der Waals surface area contributed by atoms with Crippen LogP contribution in [0.2, 0.25) is 0 Å². The Kier molecular flexibility index (Phi) is 2.65. The molecule has 0 saturated heterocycles. The summed E-state index contributed by atoms with van der Waals surface area (Å²) < 4.78 is 0. The van der Waals surface area contributed by atoms with E-state index in [2.05, 4.69) is 6.08 Å². The molecule has 0 aromatic heterocycles. The molecule has 0 fully saturated rings. The van der Waals surface area contributed by atoms with E-state index in [9.17, 15) is 4.79 Å². The molecule has 1 rings (SSSR count). The van der Waals surface area contributed by atoms with Crippen LogP contribution < -0.4 is 5.73 Å². The molecule has 0 saturated carbocycles. The molecule has 2 atom stereocenters. The number of carboxylic acids is 1. The molecule has 0 aromatic rings. The van der Waals surface area contributed by atoms with E-state index in [0.29, 0.717) is 0 Å². The van der Waals surface area contributed by atoms with Gasteiger partial charge in [-0.2, -0.15) is 0 Å². The number of allylic oxidation sites excluding steroid dienone is 2. The van der Waals surface area contributed by atoms with E-state index >= 15 is 0 Å². The van der Waals surface area contributed by atoms with Crippen molar-refractivity contribution < 1.29 is 9.90 Å². The third kappa shape index (κ3) is 2.05. The highest BCUT2D eigenvalue weighted by molar-refractivity contribution is 5.73. The highest BCUT2D eigenvalue weighted by Crippen LogP contribution is 2.20. The normalized spacial score (nSPS) is 26.5. The molecule has 3 nitrogen and oxygen atoms in total. The maximum absolute atomic E-state index is 10.4. The maximum atomic E-state index is 10.4. The van der Waals surface area contributed by atoms with Crippen LogP contribution in [0.25, 0.3) is 0 Å². The molecule has 0 unspecified atom stereocenters. The molecule has 3 heteroatoms. The van der Waals surface area contributed by atoms with Gasteiger partial charge >= 0.3 is 5.97 Å². The average molecular weight is 155 g/mol. The van der Waals surface area contributed by atoms with Crippen LogP contribution in [0.5, 0.6) is 0 Å². The van der Waals surface area contributed by atoms with Gasteiger partial charge in [-0.05, 0) is 25.2 Å². The van der Waals surface area contributed by atoms with E-state index in [4.69, 9.17) is 10.8 Å². The van der Waals surface area contributed by atoms with Crippen molar-refractivity contribution in [2.75, 3.05) is 0 Å². The van der Waals surface area contributed by atoms with Crippen LogP contribution in [0, 0.1) is 5.92 Å². The molecular weight excluding hydrogens is 142 g/mol. The number of hydrogen-bond donors (Lipinski definition) is 2. The van der Waals surface area contributed by atoms with Gasteiger partial charge in [0, 0.05) is 0 Å². The first kappa shape index (κ1) is 8.27. The predicted molar refractivity (Wildman–Crippen MR) is 42.1 cm³/mol. The second-order valence-corrected chi connectivity index (χ2v) is 2.91. The lowest BCUT2D eigenvalue weighted by molar-refractivity contribution is -0.139. The lowest BCUT2D eigenvalue weighted by Gasteiger charge is -2.20. The van der Waals surface area contributed by atoms with Crippen LogP contribution in [-0.4, -0.2) is 17.1 Å². The fourth-order valence-corrected chi connectivity index (χ4v) is 1.34. The van der Waals surface area contributed by atoms with Gasteiger partial charge in [-0.1, -0.05) is 12.2 Å². The van der Waals surface area contributed by atoms with Crippen LogP contribution in [-0.2, 0) is 4.79 Å². The summed E-state index contributed by atoms with van der Waals surface area (Å²) >= 11 is 0. The van der Waals surface area contributed by atoms with E-state index in [1.807, 2.05) is 6.08 Å². The monoisotopic (exact) mass is 155 g/mol. The van der Waals surface area contributed by atoms with Gasteiger partial charge in [0.25, 0.3) is 0 Å². The van der Waals surface area contributed by atoms with Gasteiger partial charge in [0.05, 0.1) is 0 Å². The molecule has 0 bridgehead atoms. The summed E-state index contributed by atoms with van der Waals surface area (Å²) in [7, 11) is 0. The number of hydrogen-bond acceptors (Lipinski definition) is 2. The number of carboxylic acid groups (broad SMARTS) is 1. The van der Waals surface area contributed by atoms with Crippen LogP contribution in [0.1, 0.15) is 19.3 Å². The SMILES string of the molecule is N[C@@H](C(=O)O)[C@H]1CC=CCC1. The Hall–Kier alpha value is -0.830. The van der Waals surface area contributed by atoms with Crippen molar-refractivity contribution >= 4 is 5.97 Å². The van der Waals surface area contributed by atoms with Gasteiger partial charge < -0.3 is 10.8 Å². The minimum atomic E-state index is -0.884.